The van der Waals surface area contributed by atoms with Gasteiger partial charge in [0.05, 0.1) is 30.8 Å². The van der Waals surface area contributed by atoms with Crippen LogP contribution in [0.1, 0.15) is 32.3 Å². The van der Waals surface area contributed by atoms with Gasteiger partial charge in [0.1, 0.15) is 6.21 Å². The molecule has 2 atom stereocenters. The summed E-state index contributed by atoms with van der Waals surface area (Å²) in [5, 5.41) is 13.5. The number of anilines is 2. The van der Waals surface area contributed by atoms with E-state index in [0.717, 1.165) is 42.2 Å². The van der Waals surface area contributed by atoms with Crippen LogP contribution >= 0.6 is 0 Å². The SMILES string of the molecule is COCC1CCCN1[N+]12C=CN=CC1=NC(Nc1ccc3c(c1)NC(=O)C3(C)C)=N2. The van der Waals surface area contributed by atoms with Crippen molar-refractivity contribution in [2.45, 2.75) is 38.1 Å². The molecule has 0 spiro atoms. The second-order valence-electron chi connectivity index (χ2n) is 8.50. The first-order chi connectivity index (χ1) is 14.4. The van der Waals surface area contributed by atoms with Crippen LogP contribution in [-0.4, -0.2) is 59.9 Å². The lowest BCUT2D eigenvalue weighted by Crippen LogP contribution is -2.59. The number of carbonyl (C=O) groups is 1. The predicted molar refractivity (Wildman–Crippen MR) is 116 cm³/mol. The molecule has 1 aromatic rings. The maximum Gasteiger partial charge on any atom is 0.301 e. The van der Waals surface area contributed by atoms with E-state index >= 15 is 0 Å². The first-order valence-corrected chi connectivity index (χ1v) is 10.2. The highest BCUT2D eigenvalue weighted by Gasteiger charge is 2.51. The molecule has 0 aromatic heterocycles. The number of rotatable bonds is 4. The van der Waals surface area contributed by atoms with Crippen molar-refractivity contribution in [2.24, 2.45) is 15.1 Å². The van der Waals surface area contributed by atoms with Crippen LogP contribution in [0.4, 0.5) is 11.4 Å². The number of amides is 1. The average Bonchev–Trinajstić information content (AvgIpc) is 3.37. The predicted octanol–water partition coefficient (Wildman–Crippen LogP) is 2.41. The van der Waals surface area contributed by atoms with Crippen LogP contribution in [0.2, 0.25) is 0 Å². The van der Waals surface area contributed by atoms with E-state index < -0.39 is 5.41 Å². The van der Waals surface area contributed by atoms with Crippen molar-refractivity contribution in [2.75, 3.05) is 30.9 Å². The van der Waals surface area contributed by atoms with Gasteiger partial charge in [-0.25, -0.2) is 0 Å². The van der Waals surface area contributed by atoms with Gasteiger partial charge in [0.15, 0.2) is 6.20 Å². The van der Waals surface area contributed by atoms with Crippen molar-refractivity contribution in [3.8, 4) is 0 Å². The summed E-state index contributed by atoms with van der Waals surface area (Å²) in [6.45, 7) is 5.41. The first-order valence-electron chi connectivity index (χ1n) is 10.2. The Balaban J connectivity index is 1.45. The van der Waals surface area contributed by atoms with E-state index in [1.807, 2.05) is 38.2 Å². The Morgan fingerprint density at radius 2 is 2.27 bits per heavy atom. The summed E-state index contributed by atoms with van der Waals surface area (Å²) in [6, 6.07) is 6.13. The van der Waals surface area contributed by atoms with Crippen molar-refractivity contribution in [1.82, 2.24) is 5.01 Å². The van der Waals surface area contributed by atoms with E-state index in [1.54, 1.807) is 19.5 Å². The number of aliphatic imine (C=N–C) groups is 2. The highest BCUT2D eigenvalue weighted by Crippen LogP contribution is 2.39. The second kappa shape index (κ2) is 6.83. The second-order valence-corrected chi connectivity index (χ2v) is 8.50. The maximum atomic E-state index is 12.2. The Hall–Kier alpha value is -2.88. The Morgan fingerprint density at radius 3 is 3.10 bits per heavy atom. The number of nitrogens with zero attached hydrogens (tertiary/aromatic N) is 5. The molecule has 4 aliphatic heterocycles. The van der Waals surface area contributed by atoms with Crippen molar-refractivity contribution in [1.29, 1.82) is 0 Å². The zero-order valence-corrected chi connectivity index (χ0v) is 17.4. The summed E-state index contributed by atoms with van der Waals surface area (Å²) in [6.07, 6.45) is 7.62. The smallest absolute Gasteiger partial charge is 0.301 e. The molecule has 1 fully saturated rings. The molecule has 1 saturated heterocycles. The number of quaternary nitrogens is 1. The number of hydrogen-bond acceptors (Lipinski definition) is 7. The fourth-order valence-corrected chi connectivity index (χ4v) is 4.58. The normalized spacial score (nSPS) is 28.8. The minimum absolute atomic E-state index is 0.00862. The molecule has 2 unspecified atom stereocenters. The molecule has 9 heteroatoms. The van der Waals surface area contributed by atoms with Crippen LogP contribution in [0.5, 0.6) is 0 Å². The van der Waals surface area contributed by atoms with E-state index in [4.69, 9.17) is 14.8 Å². The third-order valence-electron chi connectivity index (χ3n) is 6.22. The molecule has 0 aliphatic carbocycles. The van der Waals surface area contributed by atoms with Gasteiger partial charge >= 0.3 is 5.84 Å². The highest BCUT2D eigenvalue weighted by atomic mass is 16.5. The molecule has 1 amide bonds. The van der Waals surface area contributed by atoms with E-state index in [2.05, 4.69) is 20.6 Å². The van der Waals surface area contributed by atoms with E-state index in [0.29, 0.717) is 12.6 Å². The summed E-state index contributed by atoms with van der Waals surface area (Å²) in [7, 11) is 1.73. The van der Waals surface area contributed by atoms with Crippen LogP contribution in [0.25, 0.3) is 0 Å². The molecule has 1 aromatic carbocycles. The van der Waals surface area contributed by atoms with Gasteiger partial charge in [0.2, 0.25) is 5.91 Å². The monoisotopic (exact) mass is 408 g/mol. The molecule has 0 bridgehead atoms. The zero-order chi connectivity index (χ0) is 20.9. The number of hydrogen-bond donors (Lipinski definition) is 2. The summed E-state index contributed by atoms with van der Waals surface area (Å²) < 4.78 is 5.61. The lowest BCUT2D eigenvalue weighted by Gasteiger charge is -2.35. The number of fused-ring (bicyclic) bond motifs is 2. The van der Waals surface area contributed by atoms with Crippen molar-refractivity contribution in [3.05, 3.63) is 36.2 Å². The lowest BCUT2D eigenvalue weighted by molar-refractivity contribution is -0.920. The highest BCUT2D eigenvalue weighted by molar-refractivity contribution is 6.30. The Kier molecular flexibility index (Phi) is 4.35. The molecule has 30 heavy (non-hydrogen) atoms. The zero-order valence-electron chi connectivity index (χ0n) is 17.4. The van der Waals surface area contributed by atoms with E-state index in [-0.39, 0.29) is 16.7 Å². The Labute approximate surface area is 175 Å². The molecule has 5 rings (SSSR count). The van der Waals surface area contributed by atoms with E-state index in [1.165, 1.54) is 0 Å². The Morgan fingerprint density at radius 1 is 1.40 bits per heavy atom. The number of nitrogens with one attached hydrogen (secondary N) is 2. The van der Waals surface area contributed by atoms with Crippen LogP contribution in [-0.2, 0) is 14.9 Å². The van der Waals surface area contributed by atoms with Crippen LogP contribution < -0.4 is 10.6 Å². The largest absolute Gasteiger partial charge is 0.383 e. The van der Waals surface area contributed by atoms with Crippen molar-refractivity contribution < 1.29 is 14.2 Å². The van der Waals surface area contributed by atoms with Crippen molar-refractivity contribution in [3.63, 3.8) is 0 Å². The molecular formula is C21H26N7O2+. The molecule has 0 radical (unpaired) electrons. The summed E-state index contributed by atoms with van der Waals surface area (Å²) in [5.41, 5.74) is 2.11. The molecule has 2 N–H and O–H groups in total. The van der Waals surface area contributed by atoms with Gasteiger partial charge in [-0.15, -0.1) is 10.0 Å². The molecule has 4 aliphatic rings. The minimum Gasteiger partial charge on any atom is -0.383 e. The first kappa shape index (κ1) is 19.1. The van der Waals surface area contributed by atoms with Gasteiger partial charge in [0, 0.05) is 18.5 Å². The Bertz CT molecular complexity index is 1030. The van der Waals surface area contributed by atoms with Crippen LogP contribution in [0.15, 0.2) is 45.7 Å². The maximum absolute atomic E-state index is 12.2. The minimum atomic E-state index is -0.526. The summed E-state index contributed by atoms with van der Waals surface area (Å²) in [4.78, 5) is 21.2. The number of amidine groups is 1. The van der Waals surface area contributed by atoms with Gasteiger partial charge in [-0.2, -0.15) is 0 Å². The van der Waals surface area contributed by atoms with Gasteiger partial charge in [0.25, 0.3) is 5.96 Å². The standard InChI is InChI=1S/C21H25N7O2/c1-21(2)16-7-6-14(11-17(16)24-19(21)29)23-20-25-18-12-22-8-10-28(18,26-20)27-9-4-5-15(27)13-30-3/h6-8,10-12,15H,4-5,9,13H2,1-3H3,(H-,23,24,26,29)/p+1. The lowest BCUT2D eigenvalue weighted by atomic mass is 9.86. The fourth-order valence-electron chi connectivity index (χ4n) is 4.58. The van der Waals surface area contributed by atoms with Crippen LogP contribution in [0, 0.1) is 0 Å². The third kappa shape index (κ3) is 2.81. The van der Waals surface area contributed by atoms with Crippen molar-refractivity contribution >= 4 is 35.3 Å². The van der Waals surface area contributed by atoms with Gasteiger partial charge in [-0.3, -0.25) is 9.79 Å². The number of guanidine groups is 1. The van der Waals surface area contributed by atoms with Gasteiger partial charge < -0.3 is 15.4 Å². The fraction of sp³-hybridized carbons (Fsp3) is 0.429. The average molecular weight is 408 g/mol. The molecule has 0 saturated carbocycles. The number of ether oxygens (including phenoxy) is 1. The molecule has 4 heterocycles. The summed E-state index contributed by atoms with van der Waals surface area (Å²) >= 11 is 0. The topological polar surface area (TPSA) is 90.7 Å². The van der Waals surface area contributed by atoms with E-state index in [9.17, 15) is 4.79 Å². The molecule has 156 valence electrons. The van der Waals surface area contributed by atoms with Crippen LogP contribution in [0.3, 0.4) is 0 Å². The number of carbonyl (C=O) groups excluding carboxylic acids is 1. The number of methoxy groups -OCH3 is 1. The molecular weight excluding hydrogens is 382 g/mol. The third-order valence-corrected chi connectivity index (χ3v) is 6.22. The molecule has 9 nitrogen and oxygen atoms in total. The van der Waals surface area contributed by atoms with Gasteiger partial charge in [-0.1, -0.05) is 6.07 Å². The van der Waals surface area contributed by atoms with Gasteiger partial charge in [-0.05, 0) is 54.2 Å². The summed E-state index contributed by atoms with van der Waals surface area (Å²) in [5.74, 6) is 1.27. The number of benzene rings is 1. The quantitative estimate of drug-likeness (QED) is 0.749.